The van der Waals surface area contributed by atoms with Crippen LogP contribution in [0.25, 0.3) is 0 Å². The van der Waals surface area contributed by atoms with Crippen LogP contribution in [0.15, 0.2) is 40.4 Å². The Labute approximate surface area is 105 Å². The molecule has 3 heteroatoms. The zero-order valence-corrected chi connectivity index (χ0v) is 11.4. The molecule has 0 saturated carbocycles. The molecule has 0 bridgehead atoms. The fraction of sp³-hybridized carbons (Fsp3) is 0.308. The van der Waals surface area contributed by atoms with Crippen molar-refractivity contribution in [3.63, 3.8) is 0 Å². The van der Waals surface area contributed by atoms with Crippen molar-refractivity contribution >= 4 is 21.8 Å². The number of rotatable bonds is 3. The molecule has 0 aliphatic rings. The molecule has 1 amide bonds. The van der Waals surface area contributed by atoms with Crippen molar-refractivity contribution in [1.29, 1.82) is 0 Å². The molecule has 2 nitrogen and oxygen atoms in total. The average Bonchev–Trinajstić information content (AvgIpc) is 2.20. The summed E-state index contributed by atoms with van der Waals surface area (Å²) < 4.78 is 1.05. The van der Waals surface area contributed by atoms with Gasteiger partial charge in [0, 0.05) is 24.1 Å². The fourth-order valence-electron chi connectivity index (χ4n) is 1.30. The molecule has 0 unspecified atom stereocenters. The van der Waals surface area contributed by atoms with E-state index in [4.69, 9.17) is 0 Å². The van der Waals surface area contributed by atoms with Crippen molar-refractivity contribution in [2.75, 3.05) is 7.05 Å². The van der Waals surface area contributed by atoms with E-state index in [1.165, 1.54) is 0 Å². The van der Waals surface area contributed by atoms with Gasteiger partial charge >= 0.3 is 0 Å². The molecule has 1 aromatic carbocycles. The molecule has 0 aliphatic carbocycles. The summed E-state index contributed by atoms with van der Waals surface area (Å²) in [7, 11) is 1.81. The molecule has 0 fully saturated rings. The number of hydrogen-bond acceptors (Lipinski definition) is 1. The molecule has 0 aromatic heterocycles. The van der Waals surface area contributed by atoms with Crippen molar-refractivity contribution in [2.24, 2.45) is 0 Å². The number of amides is 1. The maximum absolute atomic E-state index is 11.7. The highest BCUT2D eigenvalue weighted by atomic mass is 79.9. The molecule has 0 N–H and O–H groups in total. The normalized spacial score (nSPS) is 9.75. The number of hydrogen-bond donors (Lipinski definition) is 0. The summed E-state index contributed by atoms with van der Waals surface area (Å²) in [5, 5.41) is 0. The second kappa shape index (κ2) is 5.85. The summed E-state index contributed by atoms with van der Waals surface area (Å²) in [6.45, 7) is 4.48. The summed E-state index contributed by atoms with van der Waals surface area (Å²) in [5.74, 6) is 0.0444. The van der Waals surface area contributed by atoms with Gasteiger partial charge < -0.3 is 4.90 Å². The average molecular weight is 282 g/mol. The number of carbonyl (C=O) groups excluding carboxylic acids is 1. The lowest BCUT2D eigenvalue weighted by molar-refractivity contribution is -0.125. The lowest BCUT2D eigenvalue weighted by atomic mass is 10.2. The van der Waals surface area contributed by atoms with Crippen molar-refractivity contribution in [3.05, 3.63) is 46.0 Å². The number of benzene rings is 1. The Kier molecular flexibility index (Phi) is 4.74. The molecule has 0 radical (unpaired) electrons. The maximum atomic E-state index is 11.7. The Morgan fingerprint density at radius 1 is 1.31 bits per heavy atom. The first-order valence-electron chi connectivity index (χ1n) is 5.13. The van der Waals surface area contributed by atoms with Gasteiger partial charge in [-0.2, -0.15) is 0 Å². The molecule has 0 saturated heterocycles. The van der Waals surface area contributed by atoms with Crippen molar-refractivity contribution in [1.82, 2.24) is 4.90 Å². The van der Waals surface area contributed by atoms with Gasteiger partial charge in [-0.1, -0.05) is 33.6 Å². The second-order valence-electron chi connectivity index (χ2n) is 4.04. The number of carbonyl (C=O) groups is 1. The van der Waals surface area contributed by atoms with Crippen molar-refractivity contribution in [3.8, 4) is 0 Å². The molecule has 0 heterocycles. The van der Waals surface area contributed by atoms with E-state index >= 15 is 0 Å². The lowest BCUT2D eigenvalue weighted by Gasteiger charge is -2.15. The van der Waals surface area contributed by atoms with Gasteiger partial charge in [-0.3, -0.25) is 4.79 Å². The summed E-state index contributed by atoms with van der Waals surface area (Å²) in [4.78, 5) is 13.4. The summed E-state index contributed by atoms with van der Waals surface area (Å²) >= 11 is 3.38. The third kappa shape index (κ3) is 4.19. The predicted molar refractivity (Wildman–Crippen MR) is 70.0 cm³/mol. The molecular formula is C13H16BrNO. The first-order chi connectivity index (χ1) is 7.49. The van der Waals surface area contributed by atoms with Gasteiger partial charge in [0.15, 0.2) is 0 Å². The van der Waals surface area contributed by atoms with Gasteiger partial charge in [0.1, 0.15) is 0 Å². The fourth-order valence-corrected chi connectivity index (χ4v) is 1.56. The van der Waals surface area contributed by atoms with Crippen LogP contribution in [0, 0.1) is 0 Å². The van der Waals surface area contributed by atoms with Crippen LogP contribution in [0.3, 0.4) is 0 Å². The number of nitrogens with zero attached hydrogens (tertiary/aromatic N) is 1. The molecule has 0 atom stereocenters. The van der Waals surface area contributed by atoms with E-state index in [0.29, 0.717) is 6.54 Å². The summed E-state index contributed by atoms with van der Waals surface area (Å²) in [5.41, 5.74) is 2.15. The van der Waals surface area contributed by atoms with Crippen LogP contribution < -0.4 is 0 Å². The Hall–Kier alpha value is -1.09. The largest absolute Gasteiger partial charge is 0.338 e. The van der Waals surface area contributed by atoms with Gasteiger partial charge in [0.25, 0.3) is 0 Å². The standard InChI is InChI=1S/C13H16BrNO/c1-10(2)8-13(16)15(3)9-11-4-6-12(14)7-5-11/h4-8H,9H2,1-3H3. The SMILES string of the molecule is CC(C)=CC(=O)N(C)Cc1ccc(Br)cc1. The van der Waals surface area contributed by atoms with Gasteiger partial charge in [0.2, 0.25) is 5.91 Å². The minimum atomic E-state index is 0.0444. The molecule has 1 aromatic rings. The zero-order valence-electron chi connectivity index (χ0n) is 9.83. The first kappa shape index (κ1) is 13.0. The van der Waals surface area contributed by atoms with E-state index in [1.54, 1.807) is 11.0 Å². The molecule has 0 aliphatic heterocycles. The van der Waals surface area contributed by atoms with Gasteiger partial charge in [0.05, 0.1) is 0 Å². The summed E-state index contributed by atoms with van der Waals surface area (Å²) in [6, 6.07) is 7.98. The lowest BCUT2D eigenvalue weighted by Crippen LogP contribution is -2.24. The Morgan fingerprint density at radius 2 is 1.88 bits per heavy atom. The van der Waals surface area contributed by atoms with Crippen LogP contribution in [0.1, 0.15) is 19.4 Å². The van der Waals surface area contributed by atoms with E-state index < -0.39 is 0 Å². The maximum Gasteiger partial charge on any atom is 0.246 e. The van der Waals surface area contributed by atoms with Gasteiger partial charge in [-0.25, -0.2) is 0 Å². The monoisotopic (exact) mass is 281 g/mol. The van der Waals surface area contributed by atoms with Crippen LogP contribution in [0.2, 0.25) is 0 Å². The molecular weight excluding hydrogens is 266 g/mol. The summed E-state index contributed by atoms with van der Waals surface area (Å²) in [6.07, 6.45) is 1.65. The van der Waals surface area contributed by atoms with Crippen molar-refractivity contribution in [2.45, 2.75) is 20.4 Å². The minimum Gasteiger partial charge on any atom is -0.338 e. The van der Waals surface area contributed by atoms with E-state index in [1.807, 2.05) is 45.2 Å². The van der Waals surface area contributed by atoms with Crippen LogP contribution in [-0.4, -0.2) is 17.9 Å². The van der Waals surface area contributed by atoms with Gasteiger partial charge in [-0.15, -0.1) is 0 Å². The van der Waals surface area contributed by atoms with Crippen LogP contribution >= 0.6 is 15.9 Å². The Bertz CT molecular complexity index is 391. The third-order valence-electron chi connectivity index (χ3n) is 2.12. The number of likely N-dealkylation sites (N-methyl/N-ethyl adjacent to an activating group) is 1. The van der Waals surface area contributed by atoms with E-state index in [-0.39, 0.29) is 5.91 Å². The van der Waals surface area contributed by atoms with Crippen LogP contribution in [0.5, 0.6) is 0 Å². The second-order valence-corrected chi connectivity index (χ2v) is 4.96. The Morgan fingerprint density at radius 3 is 2.38 bits per heavy atom. The first-order valence-corrected chi connectivity index (χ1v) is 5.93. The predicted octanol–water partition coefficient (Wildman–Crippen LogP) is 3.37. The van der Waals surface area contributed by atoms with E-state index in [9.17, 15) is 4.79 Å². The topological polar surface area (TPSA) is 20.3 Å². The zero-order chi connectivity index (χ0) is 12.1. The highest BCUT2D eigenvalue weighted by molar-refractivity contribution is 9.10. The smallest absolute Gasteiger partial charge is 0.246 e. The van der Waals surface area contributed by atoms with Crippen molar-refractivity contribution < 1.29 is 4.79 Å². The minimum absolute atomic E-state index is 0.0444. The molecule has 1 rings (SSSR count). The van der Waals surface area contributed by atoms with E-state index in [2.05, 4.69) is 15.9 Å². The number of halogens is 1. The molecule has 0 spiro atoms. The highest BCUT2D eigenvalue weighted by Gasteiger charge is 2.05. The van der Waals surface area contributed by atoms with Crippen LogP contribution in [0.4, 0.5) is 0 Å². The Balaban J connectivity index is 2.64. The quantitative estimate of drug-likeness (QED) is 0.778. The highest BCUT2D eigenvalue weighted by Crippen LogP contribution is 2.12. The van der Waals surface area contributed by atoms with E-state index in [0.717, 1.165) is 15.6 Å². The molecule has 16 heavy (non-hydrogen) atoms. The number of allylic oxidation sites excluding steroid dienone is 1. The molecule has 86 valence electrons. The third-order valence-corrected chi connectivity index (χ3v) is 2.65. The van der Waals surface area contributed by atoms with Gasteiger partial charge in [-0.05, 0) is 31.5 Å². The van der Waals surface area contributed by atoms with Crippen LogP contribution in [-0.2, 0) is 11.3 Å².